The van der Waals surface area contributed by atoms with Crippen LogP contribution in [0.3, 0.4) is 0 Å². The van der Waals surface area contributed by atoms with Crippen molar-refractivity contribution in [2.24, 2.45) is 0 Å². The standard InChI is InChI=1S/C22H32N4O2S/c1-15-10-16(2)19-12-17(21(27)24-20(19)11-15)14-26(8-7-25(3)4)22(29)23-13-18-6-5-9-28-18/h10-12,18H,5-9,13-14H2,1-4H3,(H,23,29)(H,24,27)/t18-/m0/s1. The molecule has 1 saturated heterocycles. The van der Waals surface area contributed by atoms with Gasteiger partial charge in [-0.05, 0) is 76.3 Å². The van der Waals surface area contributed by atoms with E-state index >= 15 is 0 Å². The minimum atomic E-state index is -0.0562. The Morgan fingerprint density at radius 1 is 1.28 bits per heavy atom. The van der Waals surface area contributed by atoms with Crippen molar-refractivity contribution in [3.05, 3.63) is 45.2 Å². The molecule has 3 rings (SSSR count). The van der Waals surface area contributed by atoms with E-state index < -0.39 is 0 Å². The molecule has 1 aromatic carbocycles. The van der Waals surface area contributed by atoms with Crippen LogP contribution in [0.2, 0.25) is 0 Å². The van der Waals surface area contributed by atoms with Crippen LogP contribution in [0.5, 0.6) is 0 Å². The Bertz CT molecular complexity index is 919. The van der Waals surface area contributed by atoms with E-state index in [0.717, 1.165) is 60.1 Å². The van der Waals surface area contributed by atoms with Gasteiger partial charge in [0.25, 0.3) is 5.56 Å². The highest BCUT2D eigenvalue weighted by Crippen LogP contribution is 2.19. The van der Waals surface area contributed by atoms with E-state index in [4.69, 9.17) is 17.0 Å². The van der Waals surface area contributed by atoms with Gasteiger partial charge in [-0.25, -0.2) is 0 Å². The third kappa shape index (κ3) is 5.78. The second-order valence-corrected chi connectivity index (χ2v) is 8.60. The highest BCUT2D eigenvalue weighted by molar-refractivity contribution is 7.80. The van der Waals surface area contributed by atoms with Gasteiger partial charge in [-0.2, -0.15) is 0 Å². The summed E-state index contributed by atoms with van der Waals surface area (Å²) in [6.07, 6.45) is 2.39. The van der Waals surface area contributed by atoms with Crippen LogP contribution in [0.15, 0.2) is 23.0 Å². The Balaban J connectivity index is 1.79. The lowest BCUT2D eigenvalue weighted by molar-refractivity contribution is 0.113. The average Bonchev–Trinajstić information content (AvgIpc) is 3.17. The zero-order valence-electron chi connectivity index (χ0n) is 17.9. The Morgan fingerprint density at radius 2 is 2.07 bits per heavy atom. The number of pyridine rings is 1. The fraction of sp³-hybridized carbons (Fsp3) is 0.545. The van der Waals surface area contributed by atoms with E-state index in [9.17, 15) is 4.79 Å². The van der Waals surface area contributed by atoms with Gasteiger partial charge in [0.05, 0.1) is 12.6 Å². The van der Waals surface area contributed by atoms with Crippen LogP contribution in [0, 0.1) is 13.8 Å². The van der Waals surface area contributed by atoms with Gasteiger partial charge in [0.2, 0.25) is 0 Å². The van der Waals surface area contributed by atoms with Gasteiger partial charge >= 0.3 is 0 Å². The van der Waals surface area contributed by atoms with E-state index in [1.54, 1.807) is 0 Å². The van der Waals surface area contributed by atoms with Crippen molar-refractivity contribution in [2.45, 2.75) is 39.3 Å². The Labute approximate surface area is 178 Å². The predicted molar refractivity (Wildman–Crippen MR) is 123 cm³/mol. The Morgan fingerprint density at radius 3 is 2.76 bits per heavy atom. The van der Waals surface area contributed by atoms with E-state index in [0.29, 0.717) is 18.2 Å². The minimum Gasteiger partial charge on any atom is -0.376 e. The smallest absolute Gasteiger partial charge is 0.253 e. The van der Waals surface area contributed by atoms with Gasteiger partial charge in [0, 0.05) is 42.7 Å². The number of benzene rings is 1. The lowest BCUT2D eigenvalue weighted by Gasteiger charge is -2.28. The van der Waals surface area contributed by atoms with Gasteiger partial charge in [0.15, 0.2) is 5.11 Å². The van der Waals surface area contributed by atoms with Crippen LogP contribution >= 0.6 is 12.2 Å². The van der Waals surface area contributed by atoms with E-state index in [-0.39, 0.29) is 11.7 Å². The SMILES string of the molecule is Cc1cc(C)c2cc(CN(CCN(C)C)C(=S)NC[C@@H]3CCCO3)c(=O)[nH]c2c1. The topological polar surface area (TPSA) is 60.6 Å². The summed E-state index contributed by atoms with van der Waals surface area (Å²) in [6, 6.07) is 6.17. The van der Waals surface area contributed by atoms with Crippen molar-refractivity contribution in [1.29, 1.82) is 0 Å². The number of aromatic nitrogens is 1. The first-order valence-corrected chi connectivity index (χ1v) is 10.7. The fourth-order valence-electron chi connectivity index (χ4n) is 3.73. The molecule has 2 N–H and O–H groups in total. The van der Waals surface area contributed by atoms with E-state index in [1.807, 2.05) is 33.2 Å². The summed E-state index contributed by atoms with van der Waals surface area (Å²) in [6.45, 7) is 7.73. The summed E-state index contributed by atoms with van der Waals surface area (Å²) in [5.41, 5.74) is 3.86. The fourth-order valence-corrected chi connectivity index (χ4v) is 3.97. The number of fused-ring (bicyclic) bond motifs is 1. The number of ether oxygens (including phenoxy) is 1. The molecular weight excluding hydrogens is 384 g/mol. The maximum absolute atomic E-state index is 12.7. The highest BCUT2D eigenvalue weighted by Gasteiger charge is 2.18. The number of aromatic amines is 1. The molecule has 1 atom stereocenters. The zero-order chi connectivity index (χ0) is 21.0. The van der Waals surface area contributed by atoms with Crippen molar-refractivity contribution in [1.82, 2.24) is 20.1 Å². The number of thiocarbonyl (C=S) groups is 1. The highest BCUT2D eigenvalue weighted by atomic mass is 32.1. The number of aryl methyl sites for hydroxylation is 2. The summed E-state index contributed by atoms with van der Waals surface area (Å²) in [5.74, 6) is 0. The average molecular weight is 417 g/mol. The van der Waals surface area contributed by atoms with Crippen LogP contribution in [0.4, 0.5) is 0 Å². The molecule has 2 heterocycles. The molecule has 0 radical (unpaired) electrons. The molecule has 0 amide bonds. The van der Waals surface area contributed by atoms with Gasteiger partial charge < -0.3 is 24.8 Å². The normalized spacial score (nSPS) is 16.5. The molecule has 0 saturated carbocycles. The number of rotatable bonds is 7. The Kier molecular flexibility index (Phi) is 7.27. The predicted octanol–water partition coefficient (Wildman–Crippen LogP) is 2.56. The number of nitrogens with one attached hydrogen (secondary N) is 2. The number of hydrogen-bond acceptors (Lipinski definition) is 4. The maximum atomic E-state index is 12.7. The van der Waals surface area contributed by atoms with Gasteiger partial charge in [-0.3, -0.25) is 4.79 Å². The number of nitrogens with zero attached hydrogens (tertiary/aromatic N) is 2. The second kappa shape index (κ2) is 9.69. The molecule has 7 heteroatoms. The summed E-state index contributed by atoms with van der Waals surface area (Å²) in [5, 5.41) is 5.09. The molecule has 0 unspecified atom stereocenters. The molecule has 1 aliphatic rings. The summed E-state index contributed by atoms with van der Waals surface area (Å²) in [7, 11) is 4.07. The first-order chi connectivity index (χ1) is 13.8. The quantitative estimate of drug-likeness (QED) is 0.677. The summed E-state index contributed by atoms with van der Waals surface area (Å²) in [4.78, 5) is 20.0. The van der Waals surface area contributed by atoms with Crippen molar-refractivity contribution < 1.29 is 4.74 Å². The molecule has 0 bridgehead atoms. The third-order valence-corrected chi connectivity index (χ3v) is 5.76. The second-order valence-electron chi connectivity index (χ2n) is 8.21. The van der Waals surface area contributed by atoms with Crippen molar-refractivity contribution in [3.8, 4) is 0 Å². The van der Waals surface area contributed by atoms with Crippen LogP contribution in [0.1, 0.15) is 29.5 Å². The van der Waals surface area contributed by atoms with Crippen molar-refractivity contribution >= 4 is 28.2 Å². The number of hydrogen-bond donors (Lipinski definition) is 2. The minimum absolute atomic E-state index is 0.0562. The molecule has 0 aliphatic carbocycles. The molecular formula is C22H32N4O2S. The van der Waals surface area contributed by atoms with E-state index in [2.05, 4.69) is 33.1 Å². The molecule has 29 heavy (non-hydrogen) atoms. The number of H-pyrrole nitrogens is 1. The van der Waals surface area contributed by atoms with Crippen LogP contribution < -0.4 is 10.9 Å². The lowest BCUT2D eigenvalue weighted by Crippen LogP contribution is -2.45. The van der Waals surface area contributed by atoms with Crippen molar-refractivity contribution in [3.63, 3.8) is 0 Å². The molecule has 2 aromatic rings. The van der Waals surface area contributed by atoms with Gasteiger partial charge in [-0.1, -0.05) is 6.07 Å². The largest absolute Gasteiger partial charge is 0.376 e. The Hall–Kier alpha value is -1.96. The monoisotopic (exact) mass is 416 g/mol. The zero-order valence-corrected chi connectivity index (χ0v) is 18.7. The summed E-state index contributed by atoms with van der Waals surface area (Å²) >= 11 is 5.67. The molecule has 1 fully saturated rings. The van der Waals surface area contributed by atoms with Crippen LogP contribution in [-0.2, 0) is 11.3 Å². The van der Waals surface area contributed by atoms with E-state index in [1.165, 1.54) is 0 Å². The number of likely N-dealkylation sites (N-methyl/N-ethyl adjacent to an activating group) is 1. The van der Waals surface area contributed by atoms with Crippen molar-refractivity contribution in [2.75, 3.05) is 40.3 Å². The summed E-state index contributed by atoms with van der Waals surface area (Å²) < 4.78 is 5.69. The first-order valence-electron chi connectivity index (χ1n) is 10.3. The third-order valence-electron chi connectivity index (χ3n) is 5.36. The molecule has 0 spiro atoms. The first kappa shape index (κ1) is 21.7. The molecule has 158 valence electrons. The van der Waals surface area contributed by atoms with Gasteiger partial charge in [-0.15, -0.1) is 0 Å². The molecule has 1 aliphatic heterocycles. The van der Waals surface area contributed by atoms with Crippen LogP contribution in [-0.4, -0.2) is 66.3 Å². The maximum Gasteiger partial charge on any atom is 0.253 e. The van der Waals surface area contributed by atoms with Crippen LogP contribution in [0.25, 0.3) is 10.9 Å². The lowest BCUT2D eigenvalue weighted by atomic mass is 10.0. The molecule has 1 aromatic heterocycles. The van der Waals surface area contributed by atoms with Gasteiger partial charge in [0.1, 0.15) is 0 Å². The molecule has 6 nitrogen and oxygen atoms in total.